The fraction of sp³-hybridized carbons (Fsp3) is 0.379. The zero-order chi connectivity index (χ0) is 22.4. The zero-order valence-electron chi connectivity index (χ0n) is 20.6. The Labute approximate surface area is 229 Å². The minimum Gasteiger partial charge on any atom is -0.126 e. The van der Waals surface area contributed by atoms with Crippen LogP contribution in [-0.2, 0) is 24.2 Å². The summed E-state index contributed by atoms with van der Waals surface area (Å²) in [5, 5.41) is 6.99. The number of benzene rings is 2. The smallest absolute Gasteiger partial charge is 0.0771 e. The molecule has 0 spiro atoms. The molecule has 33 heavy (non-hydrogen) atoms. The molecule has 176 valence electrons. The predicted octanol–water partition coefficient (Wildman–Crippen LogP) is 2.58. The van der Waals surface area contributed by atoms with E-state index in [1.54, 1.807) is 32.6 Å². The number of hydrogen-bond donors (Lipinski definition) is 0. The van der Waals surface area contributed by atoms with E-state index in [-0.39, 0.29) is 24.8 Å². The van der Waals surface area contributed by atoms with E-state index in [2.05, 4.69) is 100 Å². The van der Waals surface area contributed by atoms with Gasteiger partial charge in [-0.05, 0) is 8.07 Å². The van der Waals surface area contributed by atoms with Gasteiger partial charge in [-0.1, -0.05) is 75.8 Å². The largest absolute Gasteiger partial charge is 0.126 e. The Morgan fingerprint density at radius 2 is 1.33 bits per heavy atom. The monoisotopic (exact) mass is 572 g/mol. The molecule has 5 rings (SSSR count). The maximum absolute atomic E-state index is 3.43. The van der Waals surface area contributed by atoms with E-state index in [1.165, 1.54) is 59.2 Å². The van der Waals surface area contributed by atoms with Crippen molar-refractivity contribution in [1.29, 1.82) is 0 Å². The third-order valence-corrected chi connectivity index (χ3v) is 9.44. The number of rotatable bonds is 1. The van der Waals surface area contributed by atoms with E-state index in [4.69, 9.17) is 0 Å². The van der Waals surface area contributed by atoms with Gasteiger partial charge in [-0.15, -0.1) is 39.7 Å². The van der Waals surface area contributed by atoms with Gasteiger partial charge in [-0.25, -0.2) is 10.8 Å². The molecule has 0 nitrogen and oxygen atoms in total. The van der Waals surface area contributed by atoms with Crippen LogP contribution in [0.25, 0.3) is 21.5 Å². The molecule has 0 aromatic heterocycles. The predicted molar refractivity (Wildman–Crippen MR) is 138 cm³/mol. The summed E-state index contributed by atoms with van der Waals surface area (Å²) >= 11 is 1.69. The van der Waals surface area contributed by atoms with Crippen LogP contribution in [0.2, 0.25) is 19.6 Å². The van der Waals surface area contributed by atoms with Crippen LogP contribution >= 0.6 is 0 Å². The number of fused-ring (bicyclic) bond motifs is 3. The number of halogens is 2. The minimum absolute atomic E-state index is 0. The molecule has 2 aliphatic carbocycles. The van der Waals surface area contributed by atoms with Crippen molar-refractivity contribution in [3.05, 3.63) is 77.5 Å². The van der Waals surface area contributed by atoms with Crippen LogP contribution in [0.1, 0.15) is 46.0 Å². The second kappa shape index (κ2) is 14.0. The van der Waals surface area contributed by atoms with Gasteiger partial charge in [0.15, 0.2) is 0 Å². The molecule has 1 saturated carbocycles. The van der Waals surface area contributed by atoms with Crippen molar-refractivity contribution in [3.8, 4) is 0 Å². The number of allylic oxidation sites excluding steroid dienone is 4. The standard InChI is InChI=1S/C13H9.C10H17Si.C6H10.2ClH.Zr/c1-3-7-12-10(5-1)9-11-6-2-4-8-13(11)12;1-8-6-9(2)10(7-8)11(3,4)5;1-2-4-6-5-3-1;;;/h1-9H;7-8H,1-5H3;1-5H2;2*1H;/q2*-1;;;;+2/p-2. The van der Waals surface area contributed by atoms with Crippen molar-refractivity contribution >= 4 is 32.8 Å². The third-order valence-electron chi connectivity index (χ3n) is 6.05. The Balaban J connectivity index is 0.000000251. The third kappa shape index (κ3) is 8.81. The number of hydrogen-bond acceptors (Lipinski definition) is 0. The van der Waals surface area contributed by atoms with Crippen molar-refractivity contribution in [2.75, 3.05) is 0 Å². The fourth-order valence-corrected chi connectivity index (χ4v) is 7.35. The maximum atomic E-state index is 3.43. The van der Waals surface area contributed by atoms with Gasteiger partial charge in [0.25, 0.3) is 0 Å². The Hall–Kier alpha value is -0.660. The van der Waals surface area contributed by atoms with Crippen molar-refractivity contribution in [1.82, 2.24) is 0 Å². The van der Waals surface area contributed by atoms with Gasteiger partial charge < -0.3 is 24.8 Å². The van der Waals surface area contributed by atoms with Crippen LogP contribution in [0.4, 0.5) is 0 Å². The molecule has 1 unspecified atom stereocenters. The van der Waals surface area contributed by atoms with E-state index in [0.717, 1.165) is 0 Å². The van der Waals surface area contributed by atoms with Gasteiger partial charge in [-0.2, -0.15) is 6.08 Å². The van der Waals surface area contributed by atoms with Gasteiger partial charge in [0.05, 0.1) is 0 Å². The molecule has 0 bridgehead atoms. The molecule has 0 aliphatic heterocycles. The molecule has 0 radical (unpaired) electrons. The summed E-state index contributed by atoms with van der Waals surface area (Å²) in [4.78, 5) is 0. The molecule has 4 heteroatoms. The Morgan fingerprint density at radius 3 is 1.67 bits per heavy atom. The van der Waals surface area contributed by atoms with Crippen molar-refractivity contribution in [2.45, 2.75) is 65.6 Å². The first-order valence-electron chi connectivity index (χ1n) is 11.7. The summed E-state index contributed by atoms with van der Waals surface area (Å²) in [6, 6.07) is 19.3. The summed E-state index contributed by atoms with van der Waals surface area (Å²) in [5.41, 5.74) is 1.40. The quantitative estimate of drug-likeness (QED) is 0.310. The van der Waals surface area contributed by atoms with Crippen molar-refractivity contribution in [2.24, 2.45) is 5.92 Å². The van der Waals surface area contributed by atoms with Crippen LogP contribution in [-0.4, -0.2) is 11.3 Å². The van der Waals surface area contributed by atoms with Gasteiger partial charge in [0.1, 0.15) is 0 Å². The molecule has 0 saturated heterocycles. The molecule has 1 fully saturated rings. The summed E-state index contributed by atoms with van der Waals surface area (Å²) in [7, 11) is -1.07. The van der Waals surface area contributed by atoms with Gasteiger partial charge in [-0.3, -0.25) is 6.08 Å². The summed E-state index contributed by atoms with van der Waals surface area (Å²) in [6.07, 6.45) is 13.1. The van der Waals surface area contributed by atoms with Crippen LogP contribution < -0.4 is 24.8 Å². The van der Waals surface area contributed by atoms with Crippen LogP contribution in [0, 0.1) is 12.0 Å². The molecule has 0 N–H and O–H groups in total. The molecule has 3 aromatic rings. The average Bonchev–Trinajstić information content (AvgIpc) is 3.28. The van der Waals surface area contributed by atoms with Gasteiger partial charge in [0.2, 0.25) is 0 Å². The molecule has 2 aliphatic rings. The molecule has 0 heterocycles. The van der Waals surface area contributed by atoms with E-state index >= 15 is 0 Å². The SMILES string of the molecule is CC1=[C-]C(C)C=C1[Si](C)(C)C.[Cl-].[Cl-].[Zr+2]=[C]1CCCCC1.c1ccc2c(c1)[cH-]c1ccccc12. The van der Waals surface area contributed by atoms with Crippen molar-refractivity contribution in [3.63, 3.8) is 0 Å². The first-order chi connectivity index (χ1) is 14.8. The molecular weight excluding hydrogens is 539 g/mol. The molecule has 1 atom stereocenters. The second-order valence-electron chi connectivity index (χ2n) is 9.87. The average molecular weight is 575 g/mol. The van der Waals surface area contributed by atoms with E-state index in [9.17, 15) is 0 Å². The van der Waals surface area contributed by atoms with Crippen LogP contribution in [0.5, 0.6) is 0 Å². The van der Waals surface area contributed by atoms with Crippen LogP contribution in [0.3, 0.4) is 0 Å². The summed E-state index contributed by atoms with van der Waals surface area (Å²) in [5.74, 6) is 0.553. The summed E-state index contributed by atoms with van der Waals surface area (Å²) < 4.78 is 1.80. The molecule has 3 aromatic carbocycles. The van der Waals surface area contributed by atoms with Gasteiger partial charge in [0, 0.05) is 0 Å². The maximum Gasteiger partial charge on any atom is -0.0771 e. The van der Waals surface area contributed by atoms with Crippen molar-refractivity contribution < 1.29 is 49.0 Å². The Morgan fingerprint density at radius 1 is 0.848 bits per heavy atom. The Kier molecular flexibility index (Phi) is 12.9. The Bertz CT molecular complexity index is 1040. The second-order valence-corrected chi connectivity index (χ2v) is 16.6. The first kappa shape index (κ1) is 30.4. The van der Waals surface area contributed by atoms with Gasteiger partial charge >= 0.3 is 59.5 Å². The first-order valence-corrected chi connectivity index (χ1v) is 16.4. The van der Waals surface area contributed by atoms with E-state index in [1.807, 2.05) is 0 Å². The van der Waals surface area contributed by atoms with Crippen LogP contribution in [0.15, 0.2) is 71.4 Å². The zero-order valence-corrected chi connectivity index (χ0v) is 25.6. The fourth-order valence-electron chi connectivity index (χ4n) is 4.53. The minimum atomic E-state index is -1.07. The molecule has 0 amide bonds. The normalized spacial score (nSPS) is 17.5. The van der Waals surface area contributed by atoms with E-state index in [0.29, 0.717) is 5.92 Å². The van der Waals surface area contributed by atoms with E-state index < -0.39 is 8.07 Å². The summed E-state index contributed by atoms with van der Waals surface area (Å²) in [6.45, 7) is 11.6. The topological polar surface area (TPSA) is 0 Å². The molecular formula is C29H36Cl2SiZr-2.